The third-order valence-electron chi connectivity index (χ3n) is 3.95. The molecule has 7 heteroatoms. The molecule has 4 aromatic rings. The smallest absolute Gasteiger partial charge is 0.259 e. The Balaban J connectivity index is 1.46. The van der Waals surface area contributed by atoms with Crippen LogP contribution in [-0.4, -0.2) is 21.1 Å². The van der Waals surface area contributed by atoms with Gasteiger partial charge in [0.15, 0.2) is 4.34 Å². The third kappa shape index (κ3) is 3.49. The average Bonchev–Trinajstić information content (AvgIpc) is 3.23. The van der Waals surface area contributed by atoms with E-state index in [2.05, 4.69) is 32.6 Å². The molecule has 0 saturated carbocycles. The second-order valence-corrected chi connectivity index (χ2v) is 7.97. The van der Waals surface area contributed by atoms with Crippen molar-refractivity contribution < 1.29 is 4.79 Å². The molecule has 0 radical (unpaired) electrons. The Hall–Kier alpha value is -2.64. The van der Waals surface area contributed by atoms with E-state index in [1.54, 1.807) is 11.8 Å². The standard InChI is InChI=1S/C19H16N4OS2/c1-12-16(14-9-5-6-10-15(14)20-12)17(24)21-18-22-23-19(26-18)25-11-13-7-3-2-4-8-13/h2-10,20H,11H2,1H3,(H,21,22,24). The molecule has 1 amide bonds. The summed E-state index contributed by atoms with van der Waals surface area (Å²) in [5.41, 5.74) is 3.67. The van der Waals surface area contributed by atoms with Gasteiger partial charge in [-0.05, 0) is 18.6 Å². The first kappa shape index (κ1) is 16.8. The van der Waals surface area contributed by atoms with Crippen LogP contribution in [0.1, 0.15) is 21.6 Å². The van der Waals surface area contributed by atoms with Crippen LogP contribution in [0.25, 0.3) is 10.9 Å². The van der Waals surface area contributed by atoms with Crippen molar-refractivity contribution in [1.82, 2.24) is 15.2 Å². The molecule has 2 aromatic carbocycles. The highest BCUT2D eigenvalue weighted by Crippen LogP contribution is 2.29. The molecular formula is C19H16N4OS2. The summed E-state index contributed by atoms with van der Waals surface area (Å²) in [6.07, 6.45) is 0. The molecule has 0 atom stereocenters. The molecule has 0 fully saturated rings. The van der Waals surface area contributed by atoms with E-state index in [1.807, 2.05) is 49.4 Å². The van der Waals surface area contributed by atoms with E-state index >= 15 is 0 Å². The van der Waals surface area contributed by atoms with Crippen LogP contribution < -0.4 is 5.32 Å². The summed E-state index contributed by atoms with van der Waals surface area (Å²) in [4.78, 5) is 15.9. The fourth-order valence-corrected chi connectivity index (χ4v) is 4.47. The van der Waals surface area contributed by atoms with Crippen molar-refractivity contribution in [1.29, 1.82) is 0 Å². The molecule has 2 N–H and O–H groups in total. The van der Waals surface area contributed by atoms with Gasteiger partial charge in [0.2, 0.25) is 5.13 Å². The summed E-state index contributed by atoms with van der Waals surface area (Å²) in [7, 11) is 0. The second-order valence-electron chi connectivity index (χ2n) is 5.77. The number of benzene rings is 2. The highest BCUT2D eigenvalue weighted by Gasteiger charge is 2.17. The van der Waals surface area contributed by atoms with Crippen molar-refractivity contribution in [2.24, 2.45) is 0 Å². The zero-order valence-corrected chi connectivity index (χ0v) is 15.7. The van der Waals surface area contributed by atoms with Crippen LogP contribution in [0.3, 0.4) is 0 Å². The Morgan fingerprint density at radius 2 is 1.88 bits per heavy atom. The Labute approximate surface area is 158 Å². The monoisotopic (exact) mass is 380 g/mol. The molecule has 2 heterocycles. The summed E-state index contributed by atoms with van der Waals surface area (Å²) in [6, 6.07) is 18.0. The van der Waals surface area contributed by atoms with Gasteiger partial charge in [0, 0.05) is 22.3 Å². The number of para-hydroxylation sites is 1. The molecule has 0 aliphatic rings. The average molecular weight is 380 g/mol. The maximum absolute atomic E-state index is 12.7. The molecule has 130 valence electrons. The van der Waals surface area contributed by atoms with Crippen LogP contribution in [-0.2, 0) is 5.75 Å². The van der Waals surface area contributed by atoms with Gasteiger partial charge in [-0.25, -0.2) is 0 Å². The Bertz CT molecular complexity index is 1060. The fraction of sp³-hybridized carbons (Fsp3) is 0.105. The number of anilines is 1. The highest BCUT2D eigenvalue weighted by molar-refractivity contribution is 8.00. The van der Waals surface area contributed by atoms with Crippen molar-refractivity contribution in [2.45, 2.75) is 17.0 Å². The van der Waals surface area contributed by atoms with Crippen LogP contribution in [0.15, 0.2) is 58.9 Å². The number of hydrogen-bond acceptors (Lipinski definition) is 5. The Kier molecular flexibility index (Phi) is 4.73. The van der Waals surface area contributed by atoms with Crippen molar-refractivity contribution in [2.75, 3.05) is 5.32 Å². The first-order valence-corrected chi connectivity index (χ1v) is 9.90. The number of carbonyl (C=O) groups excluding carboxylic acids is 1. The SMILES string of the molecule is Cc1[nH]c2ccccc2c1C(=O)Nc1nnc(SCc2ccccc2)s1. The van der Waals surface area contributed by atoms with Crippen LogP contribution >= 0.6 is 23.1 Å². The molecule has 2 aromatic heterocycles. The fourth-order valence-electron chi connectivity index (χ4n) is 2.77. The minimum absolute atomic E-state index is 0.171. The van der Waals surface area contributed by atoms with Gasteiger partial charge >= 0.3 is 0 Å². The van der Waals surface area contributed by atoms with Crippen molar-refractivity contribution in [3.05, 3.63) is 71.4 Å². The van der Waals surface area contributed by atoms with E-state index < -0.39 is 0 Å². The molecule has 0 saturated heterocycles. The quantitative estimate of drug-likeness (QED) is 0.383. The maximum atomic E-state index is 12.7. The van der Waals surface area contributed by atoms with E-state index in [1.165, 1.54) is 16.9 Å². The molecule has 26 heavy (non-hydrogen) atoms. The third-order valence-corrected chi connectivity index (χ3v) is 6.00. The number of carbonyl (C=O) groups is 1. The number of nitrogens with one attached hydrogen (secondary N) is 2. The van der Waals surface area contributed by atoms with Gasteiger partial charge in [-0.2, -0.15) is 0 Å². The number of thioether (sulfide) groups is 1. The van der Waals surface area contributed by atoms with Crippen LogP contribution in [0.4, 0.5) is 5.13 Å². The van der Waals surface area contributed by atoms with Gasteiger partial charge in [0.1, 0.15) is 0 Å². The van der Waals surface area contributed by atoms with Gasteiger partial charge in [0.25, 0.3) is 5.91 Å². The molecule has 4 rings (SSSR count). The van der Waals surface area contributed by atoms with Crippen molar-refractivity contribution in [3.8, 4) is 0 Å². The lowest BCUT2D eigenvalue weighted by Crippen LogP contribution is -2.12. The lowest BCUT2D eigenvalue weighted by atomic mass is 10.1. The summed E-state index contributed by atoms with van der Waals surface area (Å²) in [5.74, 6) is 0.654. The van der Waals surface area contributed by atoms with E-state index in [9.17, 15) is 4.79 Å². The normalized spacial score (nSPS) is 11.0. The predicted octanol–water partition coefficient (Wildman–Crippen LogP) is 4.87. The summed E-state index contributed by atoms with van der Waals surface area (Å²) in [6.45, 7) is 1.90. The number of hydrogen-bond donors (Lipinski definition) is 2. The van der Waals surface area contributed by atoms with Crippen molar-refractivity contribution in [3.63, 3.8) is 0 Å². The van der Waals surface area contributed by atoms with Gasteiger partial charge in [0.05, 0.1) is 5.56 Å². The largest absolute Gasteiger partial charge is 0.358 e. The topological polar surface area (TPSA) is 70.7 Å². The molecule has 0 unspecified atom stereocenters. The lowest BCUT2D eigenvalue weighted by molar-refractivity contribution is 0.102. The van der Waals surface area contributed by atoms with Gasteiger partial charge in [-0.3, -0.25) is 10.1 Å². The number of aryl methyl sites for hydroxylation is 1. The molecular weight excluding hydrogens is 364 g/mol. The molecule has 0 bridgehead atoms. The Morgan fingerprint density at radius 3 is 2.73 bits per heavy atom. The zero-order chi connectivity index (χ0) is 17.9. The lowest BCUT2D eigenvalue weighted by Gasteiger charge is -2.01. The molecule has 5 nitrogen and oxygen atoms in total. The number of aromatic nitrogens is 3. The van der Waals surface area contributed by atoms with Crippen LogP contribution in [0, 0.1) is 6.92 Å². The minimum Gasteiger partial charge on any atom is -0.358 e. The number of amides is 1. The van der Waals surface area contributed by atoms with E-state index in [4.69, 9.17) is 0 Å². The molecule has 0 aliphatic carbocycles. The highest BCUT2D eigenvalue weighted by atomic mass is 32.2. The number of nitrogens with zero attached hydrogens (tertiary/aromatic N) is 2. The van der Waals surface area contributed by atoms with Crippen LogP contribution in [0.5, 0.6) is 0 Å². The second kappa shape index (κ2) is 7.31. The summed E-state index contributed by atoms with van der Waals surface area (Å²) in [5, 5.41) is 12.5. The number of rotatable bonds is 5. The predicted molar refractivity (Wildman–Crippen MR) is 107 cm³/mol. The van der Waals surface area contributed by atoms with E-state index in [0.717, 1.165) is 26.7 Å². The van der Waals surface area contributed by atoms with Crippen LogP contribution in [0.2, 0.25) is 0 Å². The number of H-pyrrole nitrogens is 1. The van der Waals surface area contributed by atoms with E-state index in [-0.39, 0.29) is 5.91 Å². The Morgan fingerprint density at radius 1 is 1.12 bits per heavy atom. The molecule has 0 spiro atoms. The van der Waals surface area contributed by atoms with E-state index in [0.29, 0.717) is 10.7 Å². The summed E-state index contributed by atoms with van der Waals surface area (Å²) >= 11 is 3.00. The first-order chi connectivity index (χ1) is 12.7. The van der Waals surface area contributed by atoms with Gasteiger partial charge in [-0.1, -0.05) is 71.6 Å². The number of fused-ring (bicyclic) bond motifs is 1. The number of aromatic amines is 1. The molecule has 0 aliphatic heterocycles. The first-order valence-electron chi connectivity index (χ1n) is 8.09. The van der Waals surface area contributed by atoms with Gasteiger partial charge < -0.3 is 4.98 Å². The summed E-state index contributed by atoms with van der Waals surface area (Å²) < 4.78 is 0.833. The zero-order valence-electron chi connectivity index (χ0n) is 14.0. The van der Waals surface area contributed by atoms with Crippen molar-refractivity contribution >= 4 is 45.0 Å². The van der Waals surface area contributed by atoms with Gasteiger partial charge in [-0.15, -0.1) is 10.2 Å². The minimum atomic E-state index is -0.171. The maximum Gasteiger partial charge on any atom is 0.259 e.